The number of hydrogen-bond acceptors (Lipinski definition) is 5. The molecule has 0 unspecified atom stereocenters. The van der Waals surface area contributed by atoms with Crippen LogP contribution in [0.15, 0.2) is 83.5 Å². The van der Waals surface area contributed by atoms with E-state index >= 15 is 0 Å². The van der Waals surface area contributed by atoms with Gasteiger partial charge in [0.2, 0.25) is 0 Å². The first kappa shape index (κ1) is 21.4. The SMILES string of the molecule is Cc1ccc2nc(-c3ccc(NC(=O)c4ccn(COc5ccc(Br)cc5)n4)cc3)sc2c1. The van der Waals surface area contributed by atoms with E-state index in [1.54, 1.807) is 28.3 Å². The van der Waals surface area contributed by atoms with E-state index in [9.17, 15) is 4.79 Å². The summed E-state index contributed by atoms with van der Waals surface area (Å²) in [7, 11) is 0. The maximum Gasteiger partial charge on any atom is 0.276 e. The molecule has 0 atom stereocenters. The zero-order valence-corrected chi connectivity index (χ0v) is 20.1. The highest BCUT2D eigenvalue weighted by molar-refractivity contribution is 9.10. The number of hydrogen-bond donors (Lipinski definition) is 1. The van der Waals surface area contributed by atoms with E-state index in [1.165, 1.54) is 10.3 Å². The lowest BCUT2D eigenvalue weighted by Gasteiger charge is -2.06. The van der Waals surface area contributed by atoms with Gasteiger partial charge in [0.05, 0.1) is 10.2 Å². The summed E-state index contributed by atoms with van der Waals surface area (Å²) in [5.41, 5.74) is 4.25. The highest BCUT2D eigenvalue weighted by atomic mass is 79.9. The van der Waals surface area contributed by atoms with Gasteiger partial charge in [0.1, 0.15) is 10.8 Å². The van der Waals surface area contributed by atoms with Crippen LogP contribution in [0.5, 0.6) is 5.75 Å². The predicted octanol–water partition coefficient (Wildman–Crippen LogP) is 6.52. The summed E-state index contributed by atoms with van der Waals surface area (Å²) in [6, 6.07) is 23.1. The van der Waals surface area contributed by atoms with Crippen LogP contribution in [0.25, 0.3) is 20.8 Å². The molecule has 5 aromatic rings. The lowest BCUT2D eigenvalue weighted by molar-refractivity contribution is 0.102. The van der Waals surface area contributed by atoms with Gasteiger partial charge in [-0.15, -0.1) is 11.3 Å². The van der Waals surface area contributed by atoms with Crippen molar-refractivity contribution in [3.8, 4) is 16.3 Å². The summed E-state index contributed by atoms with van der Waals surface area (Å²) in [5.74, 6) is 0.448. The lowest BCUT2D eigenvalue weighted by atomic mass is 10.2. The molecule has 2 heterocycles. The topological polar surface area (TPSA) is 69.0 Å². The Morgan fingerprint density at radius 1 is 1.06 bits per heavy atom. The molecular formula is C25H19BrN4O2S. The van der Waals surface area contributed by atoms with Crippen LogP contribution in [-0.4, -0.2) is 20.7 Å². The molecule has 33 heavy (non-hydrogen) atoms. The molecule has 0 aliphatic carbocycles. The number of halogens is 1. The molecule has 0 aliphatic heterocycles. The van der Waals surface area contributed by atoms with Crippen LogP contribution in [0.1, 0.15) is 16.1 Å². The maximum atomic E-state index is 12.6. The molecule has 0 aliphatic rings. The van der Waals surface area contributed by atoms with Gasteiger partial charge in [0.15, 0.2) is 12.4 Å². The molecule has 0 saturated heterocycles. The molecule has 6 nitrogen and oxygen atoms in total. The van der Waals surface area contributed by atoms with Gasteiger partial charge in [-0.05, 0) is 79.2 Å². The van der Waals surface area contributed by atoms with E-state index in [1.807, 2.05) is 54.6 Å². The molecule has 0 fully saturated rings. The molecule has 164 valence electrons. The van der Waals surface area contributed by atoms with Crippen LogP contribution in [0.3, 0.4) is 0 Å². The summed E-state index contributed by atoms with van der Waals surface area (Å²) in [6.45, 7) is 2.29. The number of thiazole rings is 1. The molecule has 0 bridgehead atoms. The van der Waals surface area contributed by atoms with E-state index in [-0.39, 0.29) is 12.6 Å². The quantitative estimate of drug-likeness (QED) is 0.277. The van der Waals surface area contributed by atoms with Gasteiger partial charge >= 0.3 is 0 Å². The largest absolute Gasteiger partial charge is 0.471 e. The molecular weight excluding hydrogens is 500 g/mol. The van der Waals surface area contributed by atoms with Crippen molar-refractivity contribution in [1.82, 2.24) is 14.8 Å². The van der Waals surface area contributed by atoms with E-state index in [4.69, 9.17) is 9.72 Å². The number of ether oxygens (including phenoxy) is 1. The molecule has 0 radical (unpaired) electrons. The molecule has 0 saturated carbocycles. The van der Waals surface area contributed by atoms with Gasteiger partial charge in [-0.1, -0.05) is 22.0 Å². The predicted molar refractivity (Wildman–Crippen MR) is 135 cm³/mol. The third-order valence-corrected chi connectivity index (χ3v) is 6.58. The molecule has 1 amide bonds. The smallest absolute Gasteiger partial charge is 0.276 e. The average molecular weight is 519 g/mol. The number of carbonyl (C=O) groups excluding carboxylic acids is 1. The van der Waals surface area contributed by atoms with Gasteiger partial charge in [-0.25, -0.2) is 9.67 Å². The second-order valence-corrected chi connectivity index (χ2v) is 9.44. The first-order valence-electron chi connectivity index (χ1n) is 10.2. The number of amides is 1. The normalized spacial score (nSPS) is 11.0. The van der Waals surface area contributed by atoms with Crippen LogP contribution in [0, 0.1) is 6.92 Å². The summed E-state index contributed by atoms with van der Waals surface area (Å²) in [4.78, 5) is 17.3. The molecule has 0 spiro atoms. The van der Waals surface area contributed by atoms with Crippen molar-refractivity contribution >= 4 is 49.1 Å². The Morgan fingerprint density at radius 3 is 2.64 bits per heavy atom. The Labute approximate surface area is 203 Å². The monoisotopic (exact) mass is 518 g/mol. The van der Waals surface area contributed by atoms with Crippen molar-refractivity contribution in [2.75, 3.05) is 5.32 Å². The van der Waals surface area contributed by atoms with Crippen LogP contribution in [0.2, 0.25) is 0 Å². The summed E-state index contributed by atoms with van der Waals surface area (Å²) >= 11 is 5.06. The number of nitrogens with zero attached hydrogens (tertiary/aromatic N) is 3. The molecule has 8 heteroatoms. The van der Waals surface area contributed by atoms with Gasteiger partial charge in [-0.3, -0.25) is 4.79 Å². The number of nitrogens with one attached hydrogen (secondary N) is 1. The standard InChI is InChI=1S/C25H19BrN4O2S/c1-16-2-11-21-23(14-16)33-25(28-21)17-3-7-19(8-4-17)27-24(31)22-12-13-30(29-22)15-32-20-9-5-18(26)6-10-20/h2-14H,15H2,1H3,(H,27,31). The zero-order chi connectivity index (χ0) is 22.8. The Kier molecular flexibility index (Phi) is 5.93. The minimum atomic E-state index is -0.277. The van der Waals surface area contributed by atoms with E-state index < -0.39 is 0 Å². The van der Waals surface area contributed by atoms with Gasteiger partial charge in [0, 0.05) is 21.9 Å². The molecule has 5 rings (SSSR count). The van der Waals surface area contributed by atoms with Crippen molar-refractivity contribution in [2.24, 2.45) is 0 Å². The maximum absolute atomic E-state index is 12.6. The number of fused-ring (bicyclic) bond motifs is 1. The number of anilines is 1. The highest BCUT2D eigenvalue weighted by Crippen LogP contribution is 2.31. The Hall–Kier alpha value is -3.49. The minimum Gasteiger partial charge on any atom is -0.471 e. The lowest BCUT2D eigenvalue weighted by Crippen LogP contribution is -2.14. The van der Waals surface area contributed by atoms with Crippen molar-refractivity contribution in [1.29, 1.82) is 0 Å². The average Bonchev–Trinajstić information content (AvgIpc) is 3.46. The fourth-order valence-corrected chi connectivity index (χ4v) is 4.61. The first-order chi connectivity index (χ1) is 16.0. The number of rotatable bonds is 6. The van der Waals surface area contributed by atoms with E-state index in [0.717, 1.165) is 26.3 Å². The van der Waals surface area contributed by atoms with Crippen molar-refractivity contribution in [2.45, 2.75) is 13.7 Å². The minimum absolute atomic E-state index is 0.214. The van der Waals surface area contributed by atoms with Crippen molar-refractivity contribution < 1.29 is 9.53 Å². The second kappa shape index (κ2) is 9.17. The third-order valence-electron chi connectivity index (χ3n) is 4.98. The van der Waals surface area contributed by atoms with E-state index in [0.29, 0.717) is 11.4 Å². The Balaban J connectivity index is 1.22. The van der Waals surface area contributed by atoms with Crippen LogP contribution in [0.4, 0.5) is 5.69 Å². The molecule has 1 N–H and O–H groups in total. The number of aryl methyl sites for hydroxylation is 1. The van der Waals surface area contributed by atoms with Crippen molar-refractivity contribution in [3.63, 3.8) is 0 Å². The summed E-state index contributed by atoms with van der Waals surface area (Å²) in [6.07, 6.45) is 1.71. The Morgan fingerprint density at radius 2 is 1.85 bits per heavy atom. The van der Waals surface area contributed by atoms with Gasteiger partial charge in [-0.2, -0.15) is 5.10 Å². The first-order valence-corrected chi connectivity index (χ1v) is 11.9. The fraction of sp³-hybridized carbons (Fsp3) is 0.0800. The molecule has 3 aromatic carbocycles. The van der Waals surface area contributed by atoms with Gasteiger partial charge < -0.3 is 10.1 Å². The third kappa shape index (κ3) is 4.97. The second-order valence-electron chi connectivity index (χ2n) is 7.49. The van der Waals surface area contributed by atoms with Crippen LogP contribution in [-0.2, 0) is 6.73 Å². The number of benzene rings is 3. The van der Waals surface area contributed by atoms with E-state index in [2.05, 4.69) is 45.4 Å². The number of aromatic nitrogens is 3. The Bertz CT molecular complexity index is 1430. The summed E-state index contributed by atoms with van der Waals surface area (Å²) < 4.78 is 9.41. The number of carbonyl (C=O) groups is 1. The molecule has 2 aromatic heterocycles. The van der Waals surface area contributed by atoms with Crippen molar-refractivity contribution in [3.05, 3.63) is 94.7 Å². The zero-order valence-electron chi connectivity index (χ0n) is 17.7. The van der Waals surface area contributed by atoms with Gasteiger partial charge in [0.25, 0.3) is 5.91 Å². The highest BCUT2D eigenvalue weighted by Gasteiger charge is 2.11. The fourth-order valence-electron chi connectivity index (χ4n) is 3.27. The summed E-state index contributed by atoms with van der Waals surface area (Å²) in [5, 5.41) is 8.14. The van der Waals surface area contributed by atoms with Crippen LogP contribution >= 0.6 is 27.3 Å². The van der Waals surface area contributed by atoms with Crippen LogP contribution < -0.4 is 10.1 Å².